The fourth-order valence-electron chi connectivity index (χ4n) is 3.20. The largest absolute Gasteiger partial charge is 0.493 e. The first-order valence-corrected chi connectivity index (χ1v) is 11.7. The molecule has 2 rings (SSSR count). The summed E-state index contributed by atoms with van der Waals surface area (Å²) in [5, 5.41) is 0. The topological polar surface area (TPSA) is 159 Å². The predicted molar refractivity (Wildman–Crippen MR) is 134 cm³/mol. The molecule has 39 heavy (non-hydrogen) atoms. The van der Waals surface area contributed by atoms with E-state index in [2.05, 4.69) is 9.98 Å². The number of hydrogen-bond donors (Lipinski definition) is 0. The van der Waals surface area contributed by atoms with E-state index in [0.29, 0.717) is 0 Å². The molecule has 0 aliphatic heterocycles. The van der Waals surface area contributed by atoms with Gasteiger partial charge < -0.3 is 23.7 Å². The number of unbranched alkanes of at least 4 members (excludes halogenated alkanes) is 1. The summed E-state index contributed by atoms with van der Waals surface area (Å²) < 4.78 is 26.1. The van der Waals surface area contributed by atoms with Crippen molar-refractivity contribution in [1.82, 2.24) is 4.90 Å². The van der Waals surface area contributed by atoms with Crippen LogP contribution in [0, 0.1) is 0 Å². The number of methoxy groups -OCH3 is 2. The van der Waals surface area contributed by atoms with E-state index < -0.39 is 24.2 Å². The molecule has 1 atom stereocenters. The number of imide groups is 1. The Labute approximate surface area is 224 Å². The van der Waals surface area contributed by atoms with Crippen molar-refractivity contribution >= 4 is 30.3 Å². The summed E-state index contributed by atoms with van der Waals surface area (Å²) in [6.45, 7) is -0.427. The van der Waals surface area contributed by atoms with Crippen LogP contribution >= 0.6 is 0 Å². The zero-order valence-electron chi connectivity index (χ0n) is 21.4. The number of esters is 1. The van der Waals surface area contributed by atoms with Crippen molar-refractivity contribution in [3.63, 3.8) is 0 Å². The Kier molecular flexibility index (Phi) is 12.9. The van der Waals surface area contributed by atoms with Crippen LogP contribution in [-0.4, -0.2) is 75.2 Å². The van der Waals surface area contributed by atoms with Gasteiger partial charge >= 0.3 is 18.2 Å². The average molecular weight is 542 g/mol. The number of carbonyl (C=O) groups excluding carboxylic acids is 5. The molecule has 0 spiro atoms. The summed E-state index contributed by atoms with van der Waals surface area (Å²) in [5.74, 6) is -0.0849. The summed E-state index contributed by atoms with van der Waals surface area (Å²) in [5.41, 5.74) is 0. The number of benzene rings is 2. The van der Waals surface area contributed by atoms with Crippen molar-refractivity contribution in [3.8, 4) is 23.0 Å². The van der Waals surface area contributed by atoms with Crippen molar-refractivity contribution in [2.75, 3.05) is 33.9 Å². The van der Waals surface area contributed by atoms with Gasteiger partial charge in [-0.1, -0.05) is 24.3 Å². The third-order valence-corrected chi connectivity index (χ3v) is 5.08. The van der Waals surface area contributed by atoms with E-state index in [-0.39, 0.29) is 62.0 Å². The van der Waals surface area contributed by atoms with Gasteiger partial charge in [0.15, 0.2) is 29.0 Å². The van der Waals surface area contributed by atoms with Crippen molar-refractivity contribution in [3.05, 3.63) is 48.5 Å². The van der Waals surface area contributed by atoms with E-state index in [4.69, 9.17) is 23.7 Å². The van der Waals surface area contributed by atoms with Crippen LogP contribution < -0.4 is 18.9 Å². The molecule has 0 heterocycles. The van der Waals surface area contributed by atoms with E-state index in [9.17, 15) is 24.0 Å². The molecule has 13 heteroatoms. The molecule has 206 valence electrons. The van der Waals surface area contributed by atoms with Gasteiger partial charge in [-0.25, -0.2) is 33.9 Å². The second kappa shape index (κ2) is 16.7. The number of nitrogens with zero attached hydrogens (tertiary/aromatic N) is 3. The smallest absolute Gasteiger partial charge is 0.424 e. The first kappa shape index (κ1) is 30.2. The molecule has 0 N–H and O–H groups in total. The maximum Gasteiger partial charge on any atom is 0.424 e. The highest BCUT2D eigenvalue weighted by Gasteiger charge is 2.28. The van der Waals surface area contributed by atoms with Crippen LogP contribution in [0.1, 0.15) is 19.3 Å². The second-order valence-electron chi connectivity index (χ2n) is 7.56. The van der Waals surface area contributed by atoms with Gasteiger partial charge in [-0.2, -0.15) is 4.99 Å². The lowest BCUT2D eigenvalue weighted by molar-refractivity contribution is -0.145. The average Bonchev–Trinajstić information content (AvgIpc) is 2.95. The lowest BCUT2D eigenvalue weighted by Crippen LogP contribution is -2.41. The van der Waals surface area contributed by atoms with Gasteiger partial charge in [0, 0.05) is 6.54 Å². The molecule has 0 saturated heterocycles. The number of aliphatic imine (C=N–C) groups is 2. The molecule has 0 fully saturated rings. The number of ether oxygens (including phenoxy) is 5. The molecule has 0 aliphatic carbocycles. The quantitative estimate of drug-likeness (QED) is 0.150. The van der Waals surface area contributed by atoms with Crippen LogP contribution in [0.4, 0.5) is 9.59 Å². The van der Waals surface area contributed by atoms with Gasteiger partial charge in [0.2, 0.25) is 12.2 Å². The fourth-order valence-corrected chi connectivity index (χ4v) is 3.20. The number of para-hydroxylation sites is 4. The van der Waals surface area contributed by atoms with E-state index >= 15 is 0 Å². The molecule has 2 aromatic rings. The molecule has 13 nitrogen and oxygen atoms in total. The first-order chi connectivity index (χ1) is 18.9. The lowest BCUT2D eigenvalue weighted by atomic mass is 10.1. The van der Waals surface area contributed by atoms with Crippen molar-refractivity contribution in [1.29, 1.82) is 0 Å². The normalized spacial score (nSPS) is 10.6. The highest BCUT2D eigenvalue weighted by molar-refractivity contribution is 5.90. The number of amides is 2. The van der Waals surface area contributed by atoms with Crippen LogP contribution in [-0.2, 0) is 19.1 Å². The van der Waals surface area contributed by atoms with Crippen molar-refractivity contribution in [2.45, 2.75) is 25.3 Å². The highest BCUT2D eigenvalue weighted by Crippen LogP contribution is 2.28. The Hall–Kier alpha value is -4.99. The molecular formula is C26H27N3O10. The zero-order valence-corrected chi connectivity index (χ0v) is 21.4. The second-order valence-corrected chi connectivity index (χ2v) is 7.56. The maximum absolute atomic E-state index is 13.0. The number of carbonyl (C=O) groups is 3. The van der Waals surface area contributed by atoms with Gasteiger partial charge in [-0.05, 0) is 43.5 Å². The van der Waals surface area contributed by atoms with E-state index in [1.807, 2.05) is 0 Å². The van der Waals surface area contributed by atoms with Crippen molar-refractivity contribution < 1.29 is 47.7 Å². The summed E-state index contributed by atoms with van der Waals surface area (Å²) in [6, 6.07) is 11.6. The number of hydrogen-bond acceptors (Lipinski definition) is 12. The van der Waals surface area contributed by atoms with Crippen molar-refractivity contribution in [2.24, 2.45) is 9.98 Å². The van der Waals surface area contributed by atoms with Crippen LogP contribution in [0.2, 0.25) is 0 Å². The minimum absolute atomic E-state index is 0.0575. The monoisotopic (exact) mass is 541 g/mol. The van der Waals surface area contributed by atoms with E-state index in [1.54, 1.807) is 36.4 Å². The summed E-state index contributed by atoms with van der Waals surface area (Å²) in [4.78, 5) is 66.5. The Morgan fingerprint density at radius 3 is 1.85 bits per heavy atom. The summed E-state index contributed by atoms with van der Waals surface area (Å²) in [6.07, 6.45) is 1.07. The maximum atomic E-state index is 13.0. The molecule has 2 aromatic carbocycles. The van der Waals surface area contributed by atoms with Crippen LogP contribution in [0.15, 0.2) is 58.5 Å². The zero-order chi connectivity index (χ0) is 28.5. The minimum atomic E-state index is -1.16. The van der Waals surface area contributed by atoms with Gasteiger partial charge in [0.1, 0.15) is 6.61 Å². The molecule has 0 bridgehead atoms. The van der Waals surface area contributed by atoms with Crippen LogP contribution in [0.5, 0.6) is 23.0 Å². The number of isocyanates is 2. The SMILES string of the molecule is COc1ccccc1OC(=O)N(CCCCC(N=C=O)C(=O)OCCN=C=O)C(=O)Oc1ccccc1OC. The molecular weight excluding hydrogens is 514 g/mol. The fraction of sp³-hybridized carbons (Fsp3) is 0.346. The number of rotatable bonds is 14. The standard InChI is InChI=1S/C26H27N3O10/c1-35-20-10-3-5-12-22(20)38-25(33)29(26(34)39-23-13-6-4-11-21(23)36-2)15-8-7-9-19(28-18-31)24(32)37-16-14-27-17-30/h3-6,10-13,19H,7-9,14-16H2,1-2H3. The van der Waals surface area contributed by atoms with Gasteiger partial charge in [0.05, 0.1) is 20.8 Å². The third kappa shape index (κ3) is 9.77. The summed E-state index contributed by atoms with van der Waals surface area (Å²) in [7, 11) is 2.80. The molecule has 2 amide bonds. The van der Waals surface area contributed by atoms with Gasteiger partial charge in [-0.3, -0.25) is 0 Å². The van der Waals surface area contributed by atoms with E-state index in [1.165, 1.54) is 38.5 Å². The Bertz CT molecular complexity index is 1160. The molecule has 0 radical (unpaired) electrons. The lowest BCUT2D eigenvalue weighted by Gasteiger charge is -2.21. The predicted octanol–water partition coefficient (Wildman–Crippen LogP) is 3.46. The minimum Gasteiger partial charge on any atom is -0.493 e. The Morgan fingerprint density at radius 2 is 1.36 bits per heavy atom. The molecule has 0 aromatic heterocycles. The Balaban J connectivity index is 2.10. The van der Waals surface area contributed by atoms with Crippen LogP contribution in [0.3, 0.4) is 0 Å². The highest BCUT2D eigenvalue weighted by atomic mass is 16.6. The van der Waals surface area contributed by atoms with Gasteiger partial charge in [-0.15, -0.1) is 0 Å². The van der Waals surface area contributed by atoms with Gasteiger partial charge in [0.25, 0.3) is 0 Å². The molecule has 1 unspecified atom stereocenters. The third-order valence-electron chi connectivity index (χ3n) is 5.08. The Morgan fingerprint density at radius 1 is 0.821 bits per heavy atom. The molecule has 0 aliphatic rings. The van der Waals surface area contributed by atoms with Crippen LogP contribution in [0.25, 0.3) is 0 Å². The first-order valence-electron chi connectivity index (χ1n) is 11.7. The van der Waals surface area contributed by atoms with E-state index in [0.717, 1.165) is 4.90 Å². The summed E-state index contributed by atoms with van der Waals surface area (Å²) >= 11 is 0. The molecule has 0 saturated carbocycles.